The number of imidazole rings is 1. The Labute approximate surface area is 159 Å². The second-order valence-electron chi connectivity index (χ2n) is 7.12. The molecule has 0 saturated carbocycles. The second kappa shape index (κ2) is 6.92. The van der Waals surface area contributed by atoms with Crippen molar-refractivity contribution in [2.75, 3.05) is 13.1 Å². The molecule has 1 amide bonds. The van der Waals surface area contributed by atoms with E-state index in [1.165, 1.54) is 12.1 Å². The highest BCUT2D eigenvalue weighted by molar-refractivity contribution is 5.94. The number of hydrogen-bond acceptors (Lipinski definition) is 3. The van der Waals surface area contributed by atoms with Crippen LogP contribution in [-0.4, -0.2) is 38.4 Å². The number of likely N-dealkylation sites (tertiary alicyclic amines) is 1. The molecular weight excluding hydrogens is 369 g/mol. The summed E-state index contributed by atoms with van der Waals surface area (Å²) in [6.07, 6.45) is -1.25. The first-order valence-corrected chi connectivity index (χ1v) is 9.06. The molecule has 1 fully saturated rings. The number of alkyl halides is 3. The first-order chi connectivity index (χ1) is 13.3. The van der Waals surface area contributed by atoms with E-state index < -0.39 is 11.7 Å². The van der Waals surface area contributed by atoms with E-state index in [-0.39, 0.29) is 17.4 Å². The number of amides is 1. The molecular formula is C20H19F3N4O. The summed E-state index contributed by atoms with van der Waals surface area (Å²) in [4.78, 5) is 23.2. The molecule has 1 aliphatic heterocycles. The van der Waals surface area contributed by atoms with Gasteiger partial charge >= 0.3 is 6.18 Å². The minimum absolute atomic E-state index is 0.0717. The van der Waals surface area contributed by atoms with Crippen molar-refractivity contribution < 1.29 is 18.0 Å². The highest BCUT2D eigenvalue weighted by atomic mass is 19.4. The van der Waals surface area contributed by atoms with Crippen molar-refractivity contribution in [2.45, 2.75) is 19.0 Å². The van der Waals surface area contributed by atoms with E-state index in [9.17, 15) is 18.0 Å². The molecule has 8 heteroatoms. The summed E-state index contributed by atoms with van der Waals surface area (Å²) in [7, 11) is 1.91. The Morgan fingerprint density at radius 3 is 2.82 bits per heavy atom. The van der Waals surface area contributed by atoms with Gasteiger partial charge in [-0.2, -0.15) is 13.2 Å². The quantitative estimate of drug-likeness (QED) is 0.688. The summed E-state index contributed by atoms with van der Waals surface area (Å²) in [5.74, 6) is 0.748. The highest BCUT2D eigenvalue weighted by Gasteiger charge is 2.32. The SMILES string of the molecule is Cn1c(CC2CCN(C(=O)c3cccc(C(F)(F)F)c3)C2)nc2cccnc21. The summed E-state index contributed by atoms with van der Waals surface area (Å²) in [5, 5.41) is 0. The van der Waals surface area contributed by atoms with Crippen LogP contribution in [0.4, 0.5) is 13.2 Å². The number of rotatable bonds is 3. The molecule has 4 rings (SSSR count). The van der Waals surface area contributed by atoms with E-state index in [1.807, 2.05) is 23.7 Å². The first-order valence-electron chi connectivity index (χ1n) is 9.06. The van der Waals surface area contributed by atoms with E-state index in [0.717, 1.165) is 35.5 Å². The number of carbonyl (C=O) groups is 1. The molecule has 1 saturated heterocycles. The van der Waals surface area contributed by atoms with Gasteiger partial charge in [0.05, 0.1) is 5.56 Å². The van der Waals surface area contributed by atoms with Crippen molar-refractivity contribution in [1.29, 1.82) is 0 Å². The lowest BCUT2D eigenvalue weighted by atomic mass is 10.0. The van der Waals surface area contributed by atoms with E-state index in [4.69, 9.17) is 0 Å². The fourth-order valence-electron chi connectivity index (χ4n) is 3.71. The number of hydrogen-bond donors (Lipinski definition) is 0. The molecule has 1 unspecified atom stereocenters. The lowest BCUT2D eigenvalue weighted by molar-refractivity contribution is -0.137. The van der Waals surface area contributed by atoms with Gasteiger partial charge in [0.2, 0.25) is 0 Å². The van der Waals surface area contributed by atoms with Crippen LogP contribution < -0.4 is 0 Å². The van der Waals surface area contributed by atoms with Crippen LogP contribution in [0.5, 0.6) is 0 Å². The third-order valence-electron chi connectivity index (χ3n) is 5.20. The number of halogens is 3. The predicted octanol–water partition coefficient (Wildman–Crippen LogP) is 3.69. The van der Waals surface area contributed by atoms with Crippen LogP contribution in [0.1, 0.15) is 28.2 Å². The zero-order valence-corrected chi connectivity index (χ0v) is 15.3. The summed E-state index contributed by atoms with van der Waals surface area (Å²) in [6, 6.07) is 8.35. The second-order valence-corrected chi connectivity index (χ2v) is 7.12. The monoisotopic (exact) mass is 388 g/mol. The van der Waals surface area contributed by atoms with Gasteiger partial charge in [-0.3, -0.25) is 4.79 Å². The highest BCUT2D eigenvalue weighted by Crippen LogP contribution is 2.30. The fraction of sp³-hybridized carbons (Fsp3) is 0.350. The summed E-state index contributed by atoms with van der Waals surface area (Å²) >= 11 is 0. The molecule has 0 aliphatic carbocycles. The zero-order chi connectivity index (χ0) is 19.9. The Kier molecular flexibility index (Phi) is 4.56. The Hall–Kier alpha value is -2.90. The van der Waals surface area contributed by atoms with E-state index in [2.05, 4.69) is 9.97 Å². The van der Waals surface area contributed by atoms with Crippen LogP contribution in [-0.2, 0) is 19.6 Å². The molecule has 2 aromatic heterocycles. The predicted molar refractivity (Wildman–Crippen MR) is 97.7 cm³/mol. The van der Waals surface area contributed by atoms with E-state index >= 15 is 0 Å². The average molecular weight is 388 g/mol. The first kappa shape index (κ1) is 18.5. The van der Waals surface area contributed by atoms with Crippen molar-refractivity contribution in [2.24, 2.45) is 13.0 Å². The standard InChI is InChI=1S/C20H19F3N4O/c1-26-17(25-16-6-3-8-24-18(16)26)10-13-7-9-27(12-13)19(28)14-4-2-5-15(11-14)20(21,22)23/h2-6,8,11,13H,7,9-10,12H2,1H3. The molecule has 3 heterocycles. The van der Waals surface area contributed by atoms with Crippen LogP contribution in [0.2, 0.25) is 0 Å². The summed E-state index contributed by atoms with van der Waals surface area (Å²) in [6.45, 7) is 1.04. The van der Waals surface area contributed by atoms with Crippen molar-refractivity contribution in [3.05, 3.63) is 59.5 Å². The van der Waals surface area contributed by atoms with Gasteiger partial charge in [0, 0.05) is 38.3 Å². The lowest BCUT2D eigenvalue weighted by Crippen LogP contribution is -2.29. The molecule has 1 atom stereocenters. The normalized spacial score (nSPS) is 17.4. The summed E-state index contributed by atoms with van der Waals surface area (Å²) in [5.41, 5.74) is 0.908. The molecule has 146 valence electrons. The van der Waals surface area contributed by atoms with Crippen LogP contribution in [0.15, 0.2) is 42.6 Å². The van der Waals surface area contributed by atoms with Gasteiger partial charge in [-0.15, -0.1) is 0 Å². The van der Waals surface area contributed by atoms with Crippen LogP contribution in [0.25, 0.3) is 11.2 Å². The third kappa shape index (κ3) is 3.46. The molecule has 5 nitrogen and oxygen atoms in total. The lowest BCUT2D eigenvalue weighted by Gasteiger charge is -2.17. The number of nitrogens with zero attached hydrogens (tertiary/aromatic N) is 4. The maximum Gasteiger partial charge on any atom is 0.416 e. The van der Waals surface area contributed by atoms with Gasteiger partial charge in [-0.1, -0.05) is 6.07 Å². The molecule has 0 spiro atoms. The number of fused-ring (bicyclic) bond motifs is 1. The molecule has 3 aromatic rings. The van der Waals surface area contributed by atoms with Crippen LogP contribution >= 0.6 is 0 Å². The van der Waals surface area contributed by atoms with Gasteiger partial charge in [0.25, 0.3) is 5.91 Å². The summed E-state index contributed by atoms with van der Waals surface area (Å²) < 4.78 is 40.6. The Bertz CT molecular complexity index is 1030. The van der Waals surface area contributed by atoms with Crippen molar-refractivity contribution in [3.63, 3.8) is 0 Å². The minimum atomic E-state index is -4.46. The number of aromatic nitrogens is 3. The average Bonchev–Trinajstić information content (AvgIpc) is 3.26. The Morgan fingerprint density at radius 2 is 2.07 bits per heavy atom. The van der Waals surface area contributed by atoms with E-state index in [0.29, 0.717) is 19.5 Å². The molecule has 0 radical (unpaired) electrons. The Morgan fingerprint density at radius 1 is 1.25 bits per heavy atom. The smallest absolute Gasteiger partial charge is 0.338 e. The van der Waals surface area contributed by atoms with Gasteiger partial charge in [0.1, 0.15) is 11.3 Å². The van der Waals surface area contributed by atoms with Gasteiger partial charge < -0.3 is 9.47 Å². The number of benzene rings is 1. The minimum Gasteiger partial charge on any atom is -0.338 e. The van der Waals surface area contributed by atoms with Gasteiger partial charge in [-0.05, 0) is 42.7 Å². The number of carbonyl (C=O) groups excluding carboxylic acids is 1. The molecule has 1 aromatic carbocycles. The topological polar surface area (TPSA) is 51.0 Å². The van der Waals surface area contributed by atoms with Crippen molar-refractivity contribution in [1.82, 2.24) is 19.4 Å². The van der Waals surface area contributed by atoms with Gasteiger partial charge in [-0.25, -0.2) is 9.97 Å². The number of aryl methyl sites for hydroxylation is 1. The van der Waals surface area contributed by atoms with Gasteiger partial charge in [0.15, 0.2) is 5.65 Å². The maximum absolute atomic E-state index is 12.9. The largest absolute Gasteiger partial charge is 0.416 e. The molecule has 0 N–H and O–H groups in total. The van der Waals surface area contributed by atoms with E-state index in [1.54, 1.807) is 11.1 Å². The maximum atomic E-state index is 12.9. The van der Waals surface area contributed by atoms with Crippen molar-refractivity contribution >= 4 is 17.1 Å². The zero-order valence-electron chi connectivity index (χ0n) is 15.3. The molecule has 1 aliphatic rings. The van der Waals surface area contributed by atoms with Crippen LogP contribution in [0.3, 0.4) is 0 Å². The third-order valence-corrected chi connectivity index (χ3v) is 5.20. The fourth-order valence-corrected chi connectivity index (χ4v) is 3.71. The van der Waals surface area contributed by atoms with Crippen LogP contribution in [0, 0.1) is 5.92 Å². The molecule has 28 heavy (non-hydrogen) atoms. The molecule has 0 bridgehead atoms. The number of pyridine rings is 1. The Balaban J connectivity index is 1.46. The van der Waals surface area contributed by atoms with Crippen molar-refractivity contribution in [3.8, 4) is 0 Å².